The molecule has 0 bridgehead atoms. The molecule has 20 heavy (non-hydrogen) atoms. The molecule has 2 aromatic heterocycles. The lowest BCUT2D eigenvalue weighted by Gasteiger charge is -2.22. The van der Waals surface area contributed by atoms with Crippen molar-refractivity contribution >= 4 is 22.9 Å². The molecule has 0 N–H and O–H groups in total. The lowest BCUT2D eigenvalue weighted by molar-refractivity contribution is -0.141. The molecule has 0 unspecified atom stereocenters. The number of fused-ring (bicyclic) bond motifs is 1. The largest absolute Gasteiger partial charge is 0.435 e. The molecule has 0 spiro atoms. The van der Waals surface area contributed by atoms with Gasteiger partial charge in [-0.15, -0.1) is 11.6 Å². The first-order chi connectivity index (χ1) is 9.50. The van der Waals surface area contributed by atoms with E-state index in [2.05, 4.69) is 10.1 Å². The monoisotopic (exact) mass is 304 g/mol. The van der Waals surface area contributed by atoms with Crippen LogP contribution in [0.1, 0.15) is 18.5 Å². The summed E-state index contributed by atoms with van der Waals surface area (Å²) in [4.78, 5) is 6.18. The van der Waals surface area contributed by atoms with E-state index in [0.717, 1.165) is 18.9 Å². The number of hydrogen-bond donors (Lipinski definition) is 0. The summed E-state index contributed by atoms with van der Waals surface area (Å²) in [7, 11) is 0. The Balaban J connectivity index is 2.08. The minimum atomic E-state index is -4.46. The van der Waals surface area contributed by atoms with Crippen LogP contribution in [-0.2, 0) is 6.18 Å². The average molecular weight is 305 g/mol. The molecule has 1 aliphatic rings. The van der Waals surface area contributed by atoms with Crippen molar-refractivity contribution in [1.29, 1.82) is 0 Å². The third-order valence-corrected chi connectivity index (χ3v) is 3.41. The van der Waals surface area contributed by atoms with E-state index >= 15 is 0 Å². The molecular weight excluding hydrogens is 293 g/mol. The van der Waals surface area contributed by atoms with Crippen LogP contribution in [0.3, 0.4) is 0 Å². The number of nitrogens with zero attached hydrogens (tertiary/aromatic N) is 4. The summed E-state index contributed by atoms with van der Waals surface area (Å²) in [6.45, 7) is 0.561. The zero-order valence-corrected chi connectivity index (χ0v) is 11.2. The minimum Gasteiger partial charge on any atom is -0.351 e. The molecule has 0 amide bonds. The SMILES string of the molecule is FC(F)(F)c1cc2c(N(CCCl)C3CC3)nccn2n1. The van der Waals surface area contributed by atoms with Gasteiger partial charge < -0.3 is 4.90 Å². The zero-order valence-electron chi connectivity index (χ0n) is 10.4. The molecule has 1 saturated carbocycles. The molecule has 0 saturated heterocycles. The minimum absolute atomic E-state index is 0.316. The molecule has 2 heterocycles. The van der Waals surface area contributed by atoms with Crippen LogP contribution in [0.25, 0.3) is 5.52 Å². The maximum Gasteiger partial charge on any atom is 0.435 e. The molecule has 0 aliphatic heterocycles. The standard InChI is InChI=1S/C12H12ClF3N4/c13-3-5-19(8-1-2-8)11-9-7-10(12(14,15)16)18-20(9)6-4-17-11/h4,6-8H,1-3,5H2. The van der Waals surface area contributed by atoms with Gasteiger partial charge in [-0.2, -0.15) is 18.3 Å². The van der Waals surface area contributed by atoms with Crippen LogP contribution in [0.4, 0.5) is 19.0 Å². The number of aromatic nitrogens is 3. The van der Waals surface area contributed by atoms with Gasteiger partial charge in [-0.25, -0.2) is 9.50 Å². The Morgan fingerprint density at radius 2 is 2.15 bits per heavy atom. The Labute approximate surface area is 118 Å². The summed E-state index contributed by atoms with van der Waals surface area (Å²) in [5.74, 6) is 0.915. The first-order valence-corrected chi connectivity index (χ1v) is 6.78. The van der Waals surface area contributed by atoms with Crippen LogP contribution in [0.5, 0.6) is 0 Å². The maximum atomic E-state index is 12.7. The fourth-order valence-corrected chi connectivity index (χ4v) is 2.39. The third kappa shape index (κ3) is 2.42. The molecule has 0 atom stereocenters. The summed E-state index contributed by atoms with van der Waals surface area (Å²) < 4.78 is 39.5. The van der Waals surface area contributed by atoms with Crippen molar-refractivity contribution in [1.82, 2.24) is 14.6 Å². The van der Waals surface area contributed by atoms with Crippen molar-refractivity contribution < 1.29 is 13.2 Å². The molecule has 0 aromatic carbocycles. The highest BCUT2D eigenvalue weighted by atomic mass is 35.5. The van der Waals surface area contributed by atoms with Gasteiger partial charge in [0.05, 0.1) is 0 Å². The first-order valence-electron chi connectivity index (χ1n) is 6.25. The quantitative estimate of drug-likeness (QED) is 0.814. The molecule has 3 rings (SSSR count). The summed E-state index contributed by atoms with van der Waals surface area (Å²) in [6.07, 6.45) is 0.443. The van der Waals surface area contributed by atoms with Crippen LogP contribution in [0, 0.1) is 0 Å². The molecule has 2 aromatic rings. The normalized spacial score (nSPS) is 15.8. The lowest BCUT2D eigenvalue weighted by atomic mass is 10.3. The van der Waals surface area contributed by atoms with Crippen molar-refractivity contribution in [2.24, 2.45) is 0 Å². The van der Waals surface area contributed by atoms with Crippen LogP contribution in [-0.4, -0.2) is 33.1 Å². The van der Waals surface area contributed by atoms with E-state index < -0.39 is 11.9 Å². The van der Waals surface area contributed by atoms with Crippen LogP contribution < -0.4 is 4.90 Å². The summed E-state index contributed by atoms with van der Waals surface area (Å²) in [5.41, 5.74) is -0.551. The van der Waals surface area contributed by atoms with Crippen LogP contribution in [0.15, 0.2) is 18.5 Å². The van der Waals surface area contributed by atoms with Crippen LogP contribution in [0.2, 0.25) is 0 Å². The van der Waals surface area contributed by atoms with Gasteiger partial charge in [0.2, 0.25) is 0 Å². The highest BCUT2D eigenvalue weighted by Crippen LogP contribution is 2.35. The second-order valence-corrected chi connectivity index (χ2v) is 5.10. The summed E-state index contributed by atoms with van der Waals surface area (Å²) in [6, 6.07) is 1.35. The van der Waals surface area contributed by atoms with E-state index in [1.54, 1.807) is 0 Å². The molecule has 4 nitrogen and oxygen atoms in total. The number of rotatable bonds is 4. The van der Waals surface area contributed by atoms with Crippen molar-refractivity contribution in [2.45, 2.75) is 25.1 Å². The number of alkyl halides is 4. The molecule has 1 aliphatic carbocycles. The number of anilines is 1. The van der Waals surface area contributed by atoms with Crippen molar-refractivity contribution in [3.05, 3.63) is 24.2 Å². The zero-order chi connectivity index (χ0) is 14.3. The van der Waals surface area contributed by atoms with Gasteiger partial charge in [0, 0.05) is 36.9 Å². The molecule has 8 heteroatoms. The highest BCUT2D eigenvalue weighted by molar-refractivity contribution is 6.18. The topological polar surface area (TPSA) is 33.4 Å². The molecule has 1 fully saturated rings. The van der Waals surface area contributed by atoms with Gasteiger partial charge in [0.1, 0.15) is 5.52 Å². The average Bonchev–Trinajstić information content (AvgIpc) is 3.11. The predicted octanol–water partition coefficient (Wildman–Crippen LogP) is 2.96. The van der Waals surface area contributed by atoms with E-state index in [1.807, 2.05) is 4.90 Å². The van der Waals surface area contributed by atoms with Gasteiger partial charge in [0.25, 0.3) is 0 Å². The Bertz CT molecular complexity index is 621. The van der Waals surface area contributed by atoms with E-state index in [9.17, 15) is 13.2 Å². The van der Waals surface area contributed by atoms with Gasteiger partial charge in [0.15, 0.2) is 11.5 Å². The maximum absolute atomic E-state index is 12.7. The molecule has 0 radical (unpaired) electrons. The Kier molecular flexibility index (Phi) is 3.24. The highest BCUT2D eigenvalue weighted by Gasteiger charge is 2.36. The second kappa shape index (κ2) is 4.80. The fraction of sp³-hybridized carbons (Fsp3) is 0.500. The Hall–Kier alpha value is -1.50. The van der Waals surface area contributed by atoms with Crippen LogP contribution >= 0.6 is 11.6 Å². The van der Waals surface area contributed by atoms with Crippen molar-refractivity contribution in [3.8, 4) is 0 Å². The number of hydrogen-bond acceptors (Lipinski definition) is 3. The lowest BCUT2D eigenvalue weighted by Crippen LogP contribution is -2.29. The predicted molar refractivity (Wildman–Crippen MR) is 69.1 cm³/mol. The summed E-state index contributed by atoms with van der Waals surface area (Å²) in [5, 5.41) is 3.56. The van der Waals surface area contributed by atoms with Gasteiger partial charge in [-0.1, -0.05) is 0 Å². The Morgan fingerprint density at radius 3 is 2.75 bits per heavy atom. The van der Waals surface area contributed by atoms with Crippen molar-refractivity contribution in [2.75, 3.05) is 17.3 Å². The van der Waals surface area contributed by atoms with Gasteiger partial charge in [-0.05, 0) is 12.8 Å². The first kappa shape index (κ1) is 13.5. The van der Waals surface area contributed by atoms with E-state index in [1.165, 1.54) is 16.9 Å². The second-order valence-electron chi connectivity index (χ2n) is 4.72. The van der Waals surface area contributed by atoms with E-state index in [-0.39, 0.29) is 0 Å². The van der Waals surface area contributed by atoms with E-state index in [0.29, 0.717) is 29.8 Å². The van der Waals surface area contributed by atoms with Gasteiger partial charge >= 0.3 is 6.18 Å². The number of halogens is 4. The summed E-state index contributed by atoms with van der Waals surface area (Å²) >= 11 is 5.78. The molecular formula is C12H12ClF3N4. The fourth-order valence-electron chi connectivity index (χ4n) is 2.21. The smallest absolute Gasteiger partial charge is 0.351 e. The molecule has 108 valence electrons. The third-order valence-electron chi connectivity index (χ3n) is 3.25. The Morgan fingerprint density at radius 1 is 1.40 bits per heavy atom. The van der Waals surface area contributed by atoms with Crippen molar-refractivity contribution in [3.63, 3.8) is 0 Å². The van der Waals surface area contributed by atoms with Gasteiger partial charge in [-0.3, -0.25) is 0 Å². The van der Waals surface area contributed by atoms with E-state index in [4.69, 9.17) is 11.6 Å².